The Hall–Kier alpha value is -4.33. The van der Waals surface area contributed by atoms with Gasteiger partial charge in [0, 0.05) is 43.0 Å². The topological polar surface area (TPSA) is 110 Å². The number of phenolic OH excluding ortho intramolecular Hbond substituents is 2. The third-order valence-electron chi connectivity index (χ3n) is 5.89. The lowest BCUT2D eigenvalue weighted by atomic mass is 10.1. The second-order valence-electron chi connectivity index (χ2n) is 8.52. The molecule has 3 aromatic carbocycles. The molecule has 0 spiro atoms. The quantitative estimate of drug-likeness (QED) is 0.498. The number of nitrogens with zero attached hydrogens (tertiary/aromatic N) is 2. The van der Waals surface area contributed by atoms with Crippen LogP contribution in [0.3, 0.4) is 0 Å². The molecule has 1 saturated heterocycles. The highest BCUT2D eigenvalue weighted by atomic mass is 16.3. The lowest BCUT2D eigenvalue weighted by Crippen LogP contribution is -2.31. The number of nitrogens with one attached hydrogen (secondary N) is 1. The summed E-state index contributed by atoms with van der Waals surface area (Å²) in [6.45, 7) is 3.11. The molecule has 0 atom stereocenters. The molecule has 0 bridgehead atoms. The molecule has 0 unspecified atom stereocenters. The summed E-state index contributed by atoms with van der Waals surface area (Å²) in [5.41, 5.74) is 2.57. The fourth-order valence-corrected chi connectivity index (χ4v) is 4.09. The Labute approximate surface area is 203 Å². The van der Waals surface area contributed by atoms with Gasteiger partial charge in [0.25, 0.3) is 11.8 Å². The molecule has 3 aromatic rings. The summed E-state index contributed by atoms with van der Waals surface area (Å²) in [4.78, 5) is 40.8. The van der Waals surface area contributed by atoms with E-state index in [2.05, 4.69) is 5.32 Å². The van der Waals surface area contributed by atoms with Gasteiger partial charge in [-0.2, -0.15) is 0 Å². The van der Waals surface area contributed by atoms with E-state index in [1.165, 1.54) is 24.0 Å². The Morgan fingerprint density at radius 2 is 1.57 bits per heavy atom. The highest BCUT2D eigenvalue weighted by Crippen LogP contribution is 2.28. The van der Waals surface area contributed by atoms with Gasteiger partial charge in [-0.05, 0) is 66.9 Å². The van der Waals surface area contributed by atoms with Crippen molar-refractivity contribution in [3.8, 4) is 11.5 Å². The zero-order valence-electron chi connectivity index (χ0n) is 19.4. The van der Waals surface area contributed by atoms with Crippen LogP contribution in [-0.4, -0.2) is 45.9 Å². The van der Waals surface area contributed by atoms with Gasteiger partial charge in [-0.15, -0.1) is 0 Å². The van der Waals surface area contributed by atoms with Crippen LogP contribution in [0.25, 0.3) is 0 Å². The molecule has 1 heterocycles. The predicted molar refractivity (Wildman–Crippen MR) is 133 cm³/mol. The van der Waals surface area contributed by atoms with E-state index < -0.39 is 5.91 Å². The lowest BCUT2D eigenvalue weighted by Gasteiger charge is -2.24. The Morgan fingerprint density at radius 3 is 2.17 bits per heavy atom. The first-order valence-corrected chi connectivity index (χ1v) is 11.4. The van der Waals surface area contributed by atoms with Crippen molar-refractivity contribution in [1.29, 1.82) is 0 Å². The van der Waals surface area contributed by atoms with E-state index in [0.717, 1.165) is 37.6 Å². The summed E-state index contributed by atoms with van der Waals surface area (Å²) < 4.78 is 0. The average Bonchev–Trinajstić information content (AvgIpc) is 3.38. The number of amides is 3. The molecular formula is C27H27N3O5. The van der Waals surface area contributed by atoms with Gasteiger partial charge in [-0.3, -0.25) is 14.4 Å². The van der Waals surface area contributed by atoms with Crippen molar-refractivity contribution in [1.82, 2.24) is 4.90 Å². The molecule has 0 saturated carbocycles. The SMILES string of the molecule is CC(=O)Nc1ccc(CN(C(=O)c2ccc(O)cc2O)c2ccc(C(=O)N3CCCC3)cc2)cc1. The molecular weight excluding hydrogens is 446 g/mol. The van der Waals surface area contributed by atoms with Crippen molar-refractivity contribution >= 4 is 29.1 Å². The monoisotopic (exact) mass is 473 g/mol. The highest BCUT2D eigenvalue weighted by Gasteiger charge is 2.23. The second kappa shape index (κ2) is 10.3. The average molecular weight is 474 g/mol. The third-order valence-corrected chi connectivity index (χ3v) is 5.89. The molecule has 8 heteroatoms. The van der Waals surface area contributed by atoms with Gasteiger partial charge in [0.1, 0.15) is 11.5 Å². The fourth-order valence-electron chi connectivity index (χ4n) is 4.09. The van der Waals surface area contributed by atoms with E-state index in [1.807, 2.05) is 4.90 Å². The zero-order valence-corrected chi connectivity index (χ0v) is 19.4. The van der Waals surface area contributed by atoms with Crippen LogP contribution < -0.4 is 10.2 Å². The zero-order chi connectivity index (χ0) is 24.9. The van der Waals surface area contributed by atoms with Crippen LogP contribution in [0.1, 0.15) is 46.0 Å². The molecule has 180 valence electrons. The first-order chi connectivity index (χ1) is 16.8. The van der Waals surface area contributed by atoms with Crippen LogP contribution in [-0.2, 0) is 11.3 Å². The van der Waals surface area contributed by atoms with Gasteiger partial charge in [0.2, 0.25) is 5.91 Å². The molecule has 1 aliphatic heterocycles. The van der Waals surface area contributed by atoms with Crippen molar-refractivity contribution in [2.75, 3.05) is 23.3 Å². The Balaban J connectivity index is 1.63. The van der Waals surface area contributed by atoms with Crippen LogP contribution in [0.2, 0.25) is 0 Å². The smallest absolute Gasteiger partial charge is 0.262 e. The lowest BCUT2D eigenvalue weighted by molar-refractivity contribution is -0.114. The standard InChI is InChI=1S/C27H27N3O5/c1-18(31)28-21-8-4-19(5-9-21)17-30(27(35)24-13-12-23(32)16-25(24)33)22-10-6-20(7-11-22)26(34)29-14-2-3-15-29/h4-13,16,32-33H,2-3,14-15,17H2,1H3,(H,28,31). The van der Waals surface area contributed by atoms with Gasteiger partial charge in [-0.1, -0.05) is 12.1 Å². The second-order valence-corrected chi connectivity index (χ2v) is 8.52. The first-order valence-electron chi connectivity index (χ1n) is 11.4. The number of phenols is 2. The minimum absolute atomic E-state index is 0.0309. The maximum Gasteiger partial charge on any atom is 0.262 e. The summed E-state index contributed by atoms with van der Waals surface area (Å²) in [6.07, 6.45) is 2.01. The molecule has 35 heavy (non-hydrogen) atoms. The number of hydrogen-bond acceptors (Lipinski definition) is 5. The van der Waals surface area contributed by atoms with Crippen LogP contribution in [0.4, 0.5) is 11.4 Å². The molecule has 8 nitrogen and oxygen atoms in total. The molecule has 3 amide bonds. The third kappa shape index (κ3) is 5.60. The molecule has 0 aliphatic carbocycles. The summed E-state index contributed by atoms with van der Waals surface area (Å²) in [6, 6.07) is 17.7. The molecule has 0 aromatic heterocycles. The van der Waals surface area contributed by atoms with Crippen molar-refractivity contribution in [3.05, 3.63) is 83.4 Å². The summed E-state index contributed by atoms with van der Waals surface area (Å²) in [5, 5.41) is 22.6. The predicted octanol–water partition coefficient (Wildman–Crippen LogP) is 4.14. The van der Waals surface area contributed by atoms with Crippen molar-refractivity contribution < 1.29 is 24.6 Å². The highest BCUT2D eigenvalue weighted by molar-refractivity contribution is 6.08. The van der Waals surface area contributed by atoms with E-state index in [9.17, 15) is 24.6 Å². The van der Waals surface area contributed by atoms with Crippen LogP contribution in [0, 0.1) is 0 Å². The minimum atomic E-state index is -0.466. The number of carbonyl (C=O) groups is 3. The first kappa shape index (κ1) is 23.8. The van der Waals surface area contributed by atoms with Gasteiger partial charge in [-0.25, -0.2) is 0 Å². The summed E-state index contributed by atoms with van der Waals surface area (Å²) in [7, 11) is 0. The van der Waals surface area contributed by atoms with Gasteiger partial charge < -0.3 is 25.3 Å². The van der Waals surface area contributed by atoms with Crippen molar-refractivity contribution in [2.24, 2.45) is 0 Å². The fraction of sp³-hybridized carbons (Fsp3) is 0.222. The minimum Gasteiger partial charge on any atom is -0.508 e. The summed E-state index contributed by atoms with van der Waals surface area (Å²) >= 11 is 0. The number of rotatable bonds is 6. The maximum absolute atomic E-state index is 13.5. The molecule has 0 radical (unpaired) electrons. The van der Waals surface area contributed by atoms with E-state index in [4.69, 9.17) is 0 Å². The van der Waals surface area contributed by atoms with Crippen LogP contribution >= 0.6 is 0 Å². The van der Waals surface area contributed by atoms with E-state index >= 15 is 0 Å². The number of benzene rings is 3. The number of carbonyl (C=O) groups excluding carboxylic acids is 3. The Bertz CT molecular complexity index is 1230. The maximum atomic E-state index is 13.5. The normalized spacial score (nSPS) is 12.9. The molecule has 4 rings (SSSR count). The number of hydrogen-bond donors (Lipinski definition) is 3. The van der Waals surface area contributed by atoms with Crippen LogP contribution in [0.15, 0.2) is 66.7 Å². The molecule has 1 aliphatic rings. The van der Waals surface area contributed by atoms with Crippen LogP contribution in [0.5, 0.6) is 11.5 Å². The van der Waals surface area contributed by atoms with Gasteiger partial charge >= 0.3 is 0 Å². The number of anilines is 2. The largest absolute Gasteiger partial charge is 0.508 e. The Morgan fingerprint density at radius 1 is 0.914 bits per heavy atom. The molecule has 1 fully saturated rings. The number of likely N-dealkylation sites (tertiary alicyclic amines) is 1. The van der Waals surface area contributed by atoms with E-state index in [-0.39, 0.29) is 35.4 Å². The van der Waals surface area contributed by atoms with Crippen molar-refractivity contribution in [3.63, 3.8) is 0 Å². The van der Waals surface area contributed by atoms with Gasteiger partial charge in [0.05, 0.1) is 12.1 Å². The number of aromatic hydroxyl groups is 2. The Kier molecular flexibility index (Phi) is 7.01. The summed E-state index contributed by atoms with van der Waals surface area (Å²) in [5.74, 6) is -1.16. The molecule has 3 N–H and O–H groups in total. The van der Waals surface area contributed by atoms with Gasteiger partial charge in [0.15, 0.2) is 0 Å². The van der Waals surface area contributed by atoms with Crippen molar-refractivity contribution in [2.45, 2.75) is 26.3 Å². The van der Waals surface area contributed by atoms with E-state index in [1.54, 1.807) is 48.5 Å². The van der Waals surface area contributed by atoms with E-state index in [0.29, 0.717) is 16.9 Å².